The molecule has 2 atom stereocenters. The third-order valence-corrected chi connectivity index (χ3v) is 9.46. The van der Waals surface area contributed by atoms with Crippen molar-refractivity contribution in [1.29, 1.82) is 0 Å². The van der Waals surface area contributed by atoms with Gasteiger partial charge in [0.1, 0.15) is 24.7 Å². The number of hydrogen-bond acceptors (Lipinski definition) is 4. The van der Waals surface area contributed by atoms with Crippen molar-refractivity contribution in [2.24, 2.45) is 11.8 Å². The second-order valence-electron chi connectivity index (χ2n) is 11.2. The van der Waals surface area contributed by atoms with Crippen molar-refractivity contribution in [3.8, 4) is 5.75 Å². The minimum absolute atomic E-state index is 0.0616. The molecule has 0 bridgehead atoms. The molecule has 1 heterocycles. The summed E-state index contributed by atoms with van der Waals surface area (Å²) in [4.78, 5) is 27.5. The third-order valence-electron chi connectivity index (χ3n) is 9.46. The van der Waals surface area contributed by atoms with Gasteiger partial charge in [0.15, 0.2) is 11.6 Å². The highest BCUT2D eigenvalue weighted by molar-refractivity contribution is 6.24. The fraction of sp³-hybridized carbons (Fsp3) is 0.111. The van der Waals surface area contributed by atoms with Crippen LogP contribution in [-0.2, 0) is 4.74 Å². The first-order chi connectivity index (χ1) is 19.7. The van der Waals surface area contributed by atoms with Crippen LogP contribution in [0.2, 0.25) is 0 Å². The van der Waals surface area contributed by atoms with Crippen molar-refractivity contribution in [1.82, 2.24) is 0 Å². The van der Waals surface area contributed by atoms with E-state index in [0.717, 1.165) is 88.4 Å². The number of Topliss-reactive ketones (excluding diaryl/α,β-unsaturated/α-hetero) is 2. The summed E-state index contributed by atoms with van der Waals surface area (Å²) < 4.78 is 12.9. The maximum Gasteiger partial charge on any atom is 0.193 e. The maximum atomic E-state index is 13.8. The van der Waals surface area contributed by atoms with Crippen LogP contribution in [0.15, 0.2) is 102 Å². The zero-order valence-corrected chi connectivity index (χ0v) is 21.3. The number of ether oxygens (including phenoxy) is 2. The zero-order valence-electron chi connectivity index (χ0n) is 21.3. The van der Waals surface area contributed by atoms with Gasteiger partial charge in [0.25, 0.3) is 0 Å². The molecular weight excluding hydrogens is 496 g/mol. The lowest BCUT2D eigenvalue weighted by Gasteiger charge is -2.41. The summed E-state index contributed by atoms with van der Waals surface area (Å²) in [5.74, 6) is 1.39. The van der Waals surface area contributed by atoms with E-state index in [2.05, 4.69) is 30.4 Å². The van der Waals surface area contributed by atoms with Crippen molar-refractivity contribution in [2.75, 3.05) is 13.2 Å². The van der Waals surface area contributed by atoms with E-state index in [0.29, 0.717) is 13.2 Å². The van der Waals surface area contributed by atoms with Crippen molar-refractivity contribution >= 4 is 44.6 Å². The van der Waals surface area contributed by atoms with Gasteiger partial charge in [0.05, 0.1) is 5.92 Å². The molecule has 40 heavy (non-hydrogen) atoms. The van der Waals surface area contributed by atoms with Gasteiger partial charge >= 0.3 is 0 Å². The summed E-state index contributed by atoms with van der Waals surface area (Å²) in [5, 5.41) is 4.19. The Morgan fingerprint density at radius 2 is 1.62 bits per heavy atom. The molecule has 0 amide bonds. The number of rotatable bonds is 0. The monoisotopic (exact) mass is 516 g/mol. The Morgan fingerprint density at radius 3 is 2.55 bits per heavy atom. The second kappa shape index (κ2) is 6.97. The molecule has 6 aliphatic carbocycles. The SMILES string of the molecule is O=C1C2=C3C(=CC4=C5c6c(cc7c8c(ccc(c68)=C(C=C2)C35)C(=O)C2C=CC=CC=72)OCCO4)c2ccccc21. The van der Waals surface area contributed by atoms with E-state index in [-0.39, 0.29) is 23.4 Å². The van der Waals surface area contributed by atoms with Crippen LogP contribution in [0.3, 0.4) is 0 Å². The highest BCUT2D eigenvalue weighted by Gasteiger charge is 2.45. The van der Waals surface area contributed by atoms with Crippen molar-refractivity contribution in [3.05, 3.63) is 135 Å². The molecule has 10 rings (SSSR count). The molecule has 4 nitrogen and oxygen atoms in total. The summed E-state index contributed by atoms with van der Waals surface area (Å²) in [5.41, 5.74) is 9.46. The Labute approximate surface area is 228 Å². The molecule has 0 saturated heterocycles. The molecule has 0 saturated carbocycles. The number of carbonyl (C=O) groups excluding carboxylic acids is 2. The number of fused-ring (bicyclic) bond motifs is 3. The lowest BCUT2D eigenvalue weighted by molar-refractivity contribution is 0.0968. The largest absolute Gasteiger partial charge is 0.490 e. The van der Waals surface area contributed by atoms with Crippen LogP contribution in [0.1, 0.15) is 31.8 Å². The van der Waals surface area contributed by atoms with E-state index in [1.807, 2.05) is 54.6 Å². The van der Waals surface area contributed by atoms with Crippen molar-refractivity contribution in [2.45, 2.75) is 0 Å². The second-order valence-corrected chi connectivity index (χ2v) is 11.2. The Kier molecular flexibility index (Phi) is 3.65. The first-order valence-corrected chi connectivity index (χ1v) is 13.8. The molecule has 0 N–H and O–H groups in total. The molecule has 3 aromatic rings. The molecule has 4 heteroatoms. The van der Waals surface area contributed by atoms with Crippen LogP contribution < -0.4 is 15.2 Å². The number of benzene rings is 3. The normalized spacial score (nSPS) is 23.9. The number of hydrogen-bond donors (Lipinski definition) is 0. The molecule has 0 radical (unpaired) electrons. The van der Waals surface area contributed by atoms with Gasteiger partial charge in [-0.2, -0.15) is 0 Å². The van der Waals surface area contributed by atoms with E-state index in [1.54, 1.807) is 0 Å². The molecule has 2 unspecified atom stereocenters. The average molecular weight is 517 g/mol. The summed E-state index contributed by atoms with van der Waals surface area (Å²) >= 11 is 0. The average Bonchev–Trinajstić information content (AvgIpc) is 2.99. The molecular formula is C36H20O4. The van der Waals surface area contributed by atoms with Gasteiger partial charge in [-0.3, -0.25) is 9.59 Å². The van der Waals surface area contributed by atoms with E-state index in [9.17, 15) is 9.59 Å². The van der Waals surface area contributed by atoms with E-state index < -0.39 is 0 Å². The Morgan fingerprint density at radius 1 is 0.750 bits per heavy atom. The standard InChI is InChI=1S/C36H20O4/c37-35-21-7-3-1-5-17(21)25-15-27-33-31-19(9-11-23(35)29(25)31)20-10-12-24-30-26(18-6-2-4-8-22(18)36(24)38)16-28(34(33)32(20)30)40-14-13-39-27/h1-12,15-16,21,32H,13-14H2. The number of allylic oxidation sites excluding steroid dienone is 11. The van der Waals surface area contributed by atoms with E-state index in [1.165, 1.54) is 0 Å². The summed E-state index contributed by atoms with van der Waals surface area (Å²) in [6.07, 6.45) is 14.3. The van der Waals surface area contributed by atoms with Crippen LogP contribution in [0, 0.1) is 11.8 Å². The maximum absolute atomic E-state index is 13.8. The minimum atomic E-state index is -0.282. The number of carbonyl (C=O) groups is 2. The molecule has 0 fully saturated rings. The Bertz CT molecular complexity index is 2190. The van der Waals surface area contributed by atoms with Crippen LogP contribution >= 0.6 is 0 Å². The summed E-state index contributed by atoms with van der Waals surface area (Å²) in [7, 11) is 0. The Hall–Kier alpha value is -4.96. The van der Waals surface area contributed by atoms with Crippen LogP contribution in [0.25, 0.3) is 33.1 Å². The summed E-state index contributed by atoms with van der Waals surface area (Å²) in [6.45, 7) is 0.845. The molecule has 3 aromatic carbocycles. The molecule has 0 spiro atoms. The van der Waals surface area contributed by atoms with Gasteiger partial charge in [-0.05, 0) is 50.4 Å². The Balaban J connectivity index is 1.43. The summed E-state index contributed by atoms with van der Waals surface area (Å²) in [6, 6.07) is 14.1. The zero-order chi connectivity index (χ0) is 26.3. The first kappa shape index (κ1) is 20.9. The predicted octanol–water partition coefficient (Wildman–Crippen LogP) is 4.99. The van der Waals surface area contributed by atoms with Crippen LogP contribution in [-0.4, -0.2) is 24.8 Å². The van der Waals surface area contributed by atoms with Crippen molar-refractivity contribution < 1.29 is 19.1 Å². The third kappa shape index (κ3) is 2.28. The topological polar surface area (TPSA) is 52.6 Å². The van der Waals surface area contributed by atoms with Gasteiger partial charge in [0, 0.05) is 44.5 Å². The lowest BCUT2D eigenvalue weighted by Crippen LogP contribution is -2.35. The first-order valence-electron chi connectivity index (χ1n) is 13.8. The van der Waals surface area contributed by atoms with Gasteiger partial charge in [-0.15, -0.1) is 0 Å². The van der Waals surface area contributed by atoms with Crippen LogP contribution in [0.4, 0.5) is 0 Å². The lowest BCUT2D eigenvalue weighted by atomic mass is 9.62. The molecule has 188 valence electrons. The van der Waals surface area contributed by atoms with Gasteiger partial charge in [-0.25, -0.2) is 0 Å². The van der Waals surface area contributed by atoms with Gasteiger partial charge in [0.2, 0.25) is 0 Å². The fourth-order valence-electron chi connectivity index (χ4n) is 7.91. The smallest absolute Gasteiger partial charge is 0.193 e. The molecule has 1 aliphatic heterocycles. The molecule has 7 aliphatic rings. The number of ketones is 2. The highest BCUT2D eigenvalue weighted by Crippen LogP contribution is 2.57. The van der Waals surface area contributed by atoms with Gasteiger partial charge in [-0.1, -0.05) is 72.9 Å². The molecule has 0 aromatic heterocycles. The van der Waals surface area contributed by atoms with Crippen LogP contribution in [0.5, 0.6) is 5.75 Å². The quantitative estimate of drug-likeness (QED) is 0.423. The van der Waals surface area contributed by atoms with E-state index in [4.69, 9.17) is 9.47 Å². The highest BCUT2D eigenvalue weighted by atomic mass is 16.5. The van der Waals surface area contributed by atoms with E-state index >= 15 is 0 Å². The van der Waals surface area contributed by atoms with Crippen molar-refractivity contribution in [3.63, 3.8) is 0 Å². The van der Waals surface area contributed by atoms with Gasteiger partial charge < -0.3 is 9.47 Å². The predicted molar refractivity (Wildman–Crippen MR) is 153 cm³/mol. The minimum Gasteiger partial charge on any atom is -0.490 e. The fourth-order valence-corrected chi connectivity index (χ4v) is 7.91.